The van der Waals surface area contributed by atoms with Crippen LogP contribution in [0.1, 0.15) is 17.5 Å². The summed E-state index contributed by atoms with van der Waals surface area (Å²) in [6.45, 7) is 4.18. The van der Waals surface area contributed by atoms with Crippen LogP contribution >= 0.6 is 27.7 Å². The molecule has 0 saturated heterocycles. The fourth-order valence-electron chi connectivity index (χ4n) is 1.32. The molecule has 0 heterocycles. The fourth-order valence-corrected chi connectivity index (χ4v) is 2.18. The summed E-state index contributed by atoms with van der Waals surface area (Å²) in [6.07, 6.45) is 3.39. The molecule has 15 heavy (non-hydrogen) atoms. The largest absolute Gasteiger partial charge is 0.313 e. The molecule has 0 amide bonds. The first-order chi connectivity index (χ1) is 7.24. The summed E-state index contributed by atoms with van der Waals surface area (Å²) >= 11 is 5.45. The summed E-state index contributed by atoms with van der Waals surface area (Å²) in [4.78, 5) is 0. The van der Waals surface area contributed by atoms with Gasteiger partial charge in [0.15, 0.2) is 0 Å². The van der Waals surface area contributed by atoms with Gasteiger partial charge in [-0.25, -0.2) is 0 Å². The first-order valence-corrected chi connectivity index (χ1v) is 7.37. The molecule has 0 aliphatic carbocycles. The van der Waals surface area contributed by atoms with Crippen LogP contribution in [0.3, 0.4) is 0 Å². The Morgan fingerprint density at radius 1 is 1.40 bits per heavy atom. The Bertz CT molecular complexity index is 302. The number of halogens is 1. The molecule has 1 rings (SSSR count). The van der Waals surface area contributed by atoms with Gasteiger partial charge in [0.25, 0.3) is 0 Å². The van der Waals surface area contributed by atoms with Crippen molar-refractivity contribution in [3.8, 4) is 0 Å². The quantitative estimate of drug-likeness (QED) is 0.803. The Morgan fingerprint density at radius 3 is 2.87 bits per heavy atom. The van der Waals surface area contributed by atoms with Crippen LogP contribution in [0, 0.1) is 6.92 Å². The monoisotopic (exact) mass is 287 g/mol. The Balaban J connectivity index is 2.28. The predicted octanol–water partition coefficient (Wildman–Crippen LogP) is 3.60. The first-order valence-electron chi connectivity index (χ1n) is 5.18. The van der Waals surface area contributed by atoms with Crippen LogP contribution in [-0.2, 0) is 6.54 Å². The Morgan fingerprint density at radius 2 is 2.20 bits per heavy atom. The zero-order valence-corrected chi connectivity index (χ0v) is 11.7. The molecule has 0 fully saturated rings. The van der Waals surface area contributed by atoms with Crippen molar-refractivity contribution < 1.29 is 0 Å². The van der Waals surface area contributed by atoms with Crippen molar-refractivity contribution in [2.24, 2.45) is 0 Å². The fraction of sp³-hybridized carbons (Fsp3) is 0.500. The molecular weight excluding hydrogens is 270 g/mol. The van der Waals surface area contributed by atoms with Crippen molar-refractivity contribution in [3.05, 3.63) is 33.8 Å². The van der Waals surface area contributed by atoms with Gasteiger partial charge in [0.2, 0.25) is 0 Å². The van der Waals surface area contributed by atoms with E-state index < -0.39 is 0 Å². The lowest BCUT2D eigenvalue weighted by molar-refractivity contribution is 0.678. The van der Waals surface area contributed by atoms with E-state index in [1.807, 2.05) is 11.8 Å². The molecule has 0 bridgehead atoms. The lowest BCUT2D eigenvalue weighted by Gasteiger charge is -2.06. The van der Waals surface area contributed by atoms with Crippen molar-refractivity contribution in [1.29, 1.82) is 0 Å². The minimum absolute atomic E-state index is 0.966. The van der Waals surface area contributed by atoms with Crippen molar-refractivity contribution in [2.75, 3.05) is 18.6 Å². The molecule has 0 aliphatic rings. The molecule has 1 N–H and O–H groups in total. The third kappa shape index (κ3) is 5.05. The standard InChI is InChI=1S/C12H18BrNS/c1-10-4-5-11(8-12(10)13)9-14-6-3-7-15-2/h4-5,8,14H,3,6-7,9H2,1-2H3. The van der Waals surface area contributed by atoms with E-state index >= 15 is 0 Å². The predicted molar refractivity (Wildman–Crippen MR) is 73.6 cm³/mol. The summed E-state index contributed by atoms with van der Waals surface area (Å²) in [7, 11) is 0. The SMILES string of the molecule is CSCCCNCc1ccc(C)c(Br)c1. The van der Waals surface area contributed by atoms with E-state index in [4.69, 9.17) is 0 Å². The van der Waals surface area contributed by atoms with Gasteiger partial charge < -0.3 is 5.32 Å². The van der Waals surface area contributed by atoms with Gasteiger partial charge in [0, 0.05) is 11.0 Å². The van der Waals surface area contributed by atoms with Gasteiger partial charge in [-0.3, -0.25) is 0 Å². The van der Waals surface area contributed by atoms with Crippen LogP contribution in [0.5, 0.6) is 0 Å². The summed E-state index contributed by atoms with van der Waals surface area (Å²) < 4.78 is 1.20. The van der Waals surface area contributed by atoms with Crippen molar-refractivity contribution in [3.63, 3.8) is 0 Å². The van der Waals surface area contributed by atoms with Crippen LogP contribution in [0.4, 0.5) is 0 Å². The first kappa shape index (κ1) is 13.1. The number of benzene rings is 1. The highest BCUT2D eigenvalue weighted by molar-refractivity contribution is 9.10. The number of nitrogens with one attached hydrogen (secondary N) is 1. The van der Waals surface area contributed by atoms with E-state index in [0.717, 1.165) is 13.1 Å². The molecule has 0 saturated carbocycles. The lowest BCUT2D eigenvalue weighted by atomic mass is 10.1. The summed E-state index contributed by atoms with van der Waals surface area (Å²) in [6, 6.07) is 6.53. The molecule has 0 unspecified atom stereocenters. The van der Waals surface area contributed by atoms with Crippen molar-refractivity contribution >= 4 is 27.7 Å². The van der Waals surface area contributed by atoms with Crippen molar-refractivity contribution in [1.82, 2.24) is 5.32 Å². The molecule has 0 radical (unpaired) electrons. The van der Waals surface area contributed by atoms with Gasteiger partial charge in [0.1, 0.15) is 0 Å². The minimum Gasteiger partial charge on any atom is -0.313 e. The molecular formula is C12H18BrNS. The number of hydrogen-bond acceptors (Lipinski definition) is 2. The second kappa shape index (κ2) is 7.31. The van der Waals surface area contributed by atoms with E-state index in [1.165, 1.54) is 27.8 Å². The molecule has 1 nitrogen and oxygen atoms in total. The smallest absolute Gasteiger partial charge is 0.0207 e. The Kier molecular flexibility index (Phi) is 6.37. The third-order valence-electron chi connectivity index (χ3n) is 2.27. The lowest BCUT2D eigenvalue weighted by Crippen LogP contribution is -2.15. The molecule has 3 heteroatoms. The molecule has 1 aromatic carbocycles. The number of rotatable bonds is 6. The average Bonchev–Trinajstić information content (AvgIpc) is 2.23. The zero-order chi connectivity index (χ0) is 11.1. The Labute approximate surface area is 105 Å². The second-order valence-electron chi connectivity index (χ2n) is 3.61. The van der Waals surface area contributed by atoms with Gasteiger partial charge in [-0.05, 0) is 49.1 Å². The summed E-state index contributed by atoms with van der Waals surface area (Å²) in [5.41, 5.74) is 2.64. The molecule has 0 spiro atoms. The highest BCUT2D eigenvalue weighted by Crippen LogP contribution is 2.17. The molecule has 0 aliphatic heterocycles. The van der Waals surface area contributed by atoms with Crippen LogP contribution in [-0.4, -0.2) is 18.6 Å². The van der Waals surface area contributed by atoms with E-state index in [-0.39, 0.29) is 0 Å². The second-order valence-corrected chi connectivity index (χ2v) is 5.45. The molecule has 0 aromatic heterocycles. The van der Waals surface area contributed by atoms with Gasteiger partial charge in [-0.2, -0.15) is 11.8 Å². The van der Waals surface area contributed by atoms with E-state index in [9.17, 15) is 0 Å². The molecule has 84 valence electrons. The topological polar surface area (TPSA) is 12.0 Å². The number of hydrogen-bond donors (Lipinski definition) is 1. The summed E-state index contributed by atoms with van der Waals surface area (Å²) in [5, 5.41) is 3.45. The van der Waals surface area contributed by atoms with Crippen LogP contribution in [0.2, 0.25) is 0 Å². The number of aryl methyl sites for hydroxylation is 1. The summed E-state index contributed by atoms with van der Waals surface area (Å²) in [5.74, 6) is 1.24. The maximum Gasteiger partial charge on any atom is 0.0207 e. The minimum atomic E-state index is 0.966. The van der Waals surface area contributed by atoms with Gasteiger partial charge in [-0.15, -0.1) is 0 Å². The molecule has 1 aromatic rings. The van der Waals surface area contributed by atoms with Crippen LogP contribution in [0.25, 0.3) is 0 Å². The van der Waals surface area contributed by atoms with Gasteiger partial charge >= 0.3 is 0 Å². The maximum absolute atomic E-state index is 3.55. The maximum atomic E-state index is 3.55. The van der Waals surface area contributed by atoms with Crippen molar-refractivity contribution in [2.45, 2.75) is 19.9 Å². The normalized spacial score (nSPS) is 10.6. The highest BCUT2D eigenvalue weighted by atomic mass is 79.9. The zero-order valence-electron chi connectivity index (χ0n) is 9.35. The average molecular weight is 288 g/mol. The van der Waals surface area contributed by atoms with Crippen LogP contribution in [0.15, 0.2) is 22.7 Å². The Hall–Kier alpha value is 0.01000. The third-order valence-corrected chi connectivity index (χ3v) is 3.82. The van der Waals surface area contributed by atoms with E-state index in [1.54, 1.807) is 0 Å². The van der Waals surface area contributed by atoms with E-state index in [2.05, 4.69) is 52.6 Å². The highest BCUT2D eigenvalue weighted by Gasteiger charge is 1.96. The van der Waals surface area contributed by atoms with Gasteiger partial charge in [0.05, 0.1) is 0 Å². The number of thioether (sulfide) groups is 1. The van der Waals surface area contributed by atoms with Gasteiger partial charge in [-0.1, -0.05) is 28.1 Å². The molecule has 0 atom stereocenters. The van der Waals surface area contributed by atoms with Crippen LogP contribution < -0.4 is 5.32 Å². The van der Waals surface area contributed by atoms with E-state index in [0.29, 0.717) is 0 Å².